The minimum absolute atomic E-state index is 0.136. The van der Waals surface area contributed by atoms with E-state index >= 15 is 0 Å². The molecule has 0 aromatic carbocycles. The highest BCUT2D eigenvalue weighted by atomic mass is 79.9. The molecule has 1 aromatic heterocycles. The Bertz CT molecular complexity index is 535. The molecule has 2 rings (SSSR count). The van der Waals surface area contributed by atoms with Crippen molar-refractivity contribution in [2.75, 3.05) is 12.4 Å². The Labute approximate surface area is 126 Å². The van der Waals surface area contributed by atoms with Gasteiger partial charge in [-0.05, 0) is 28.8 Å². The van der Waals surface area contributed by atoms with Gasteiger partial charge in [-0.15, -0.1) is 0 Å². The predicted octanol–water partition coefficient (Wildman–Crippen LogP) is 1.75. The Morgan fingerprint density at radius 2 is 2.20 bits per heavy atom. The topological polar surface area (TPSA) is 75.2 Å². The monoisotopic (exact) mass is 340 g/mol. The maximum Gasteiger partial charge on any atom is 0.251 e. The van der Waals surface area contributed by atoms with Crippen molar-refractivity contribution in [1.82, 2.24) is 14.9 Å². The standard InChI is InChI=1S/C13H17BrN4O2/c1-3-4-10-16-9(14)7-11(17-10)15-8-5-6-12(19)18(2)13(8)20/h7-8H,3-6H2,1-2H3,(H,15,16,17). The molecule has 1 N–H and O–H groups in total. The Morgan fingerprint density at radius 3 is 2.90 bits per heavy atom. The fraction of sp³-hybridized carbons (Fsp3) is 0.538. The van der Waals surface area contributed by atoms with E-state index in [4.69, 9.17) is 0 Å². The summed E-state index contributed by atoms with van der Waals surface area (Å²) < 4.78 is 0.686. The highest BCUT2D eigenvalue weighted by Crippen LogP contribution is 2.18. The highest BCUT2D eigenvalue weighted by Gasteiger charge is 2.31. The SMILES string of the molecule is CCCc1nc(Br)cc(NC2CCC(=O)N(C)C2=O)n1. The highest BCUT2D eigenvalue weighted by molar-refractivity contribution is 9.10. The molecule has 0 spiro atoms. The summed E-state index contributed by atoms with van der Waals surface area (Å²) in [4.78, 5) is 33.3. The van der Waals surface area contributed by atoms with Gasteiger partial charge in [-0.1, -0.05) is 6.92 Å². The molecule has 1 fully saturated rings. The van der Waals surface area contributed by atoms with E-state index in [0.29, 0.717) is 23.3 Å². The second-order valence-corrected chi connectivity index (χ2v) is 5.58. The van der Waals surface area contributed by atoms with E-state index in [1.165, 1.54) is 11.9 Å². The molecule has 0 saturated carbocycles. The fourth-order valence-corrected chi connectivity index (χ4v) is 2.52. The van der Waals surface area contributed by atoms with Crippen molar-refractivity contribution in [1.29, 1.82) is 0 Å². The Kier molecular flexibility index (Phi) is 4.69. The number of amides is 2. The summed E-state index contributed by atoms with van der Waals surface area (Å²) in [5.74, 6) is 0.991. The molecule has 1 saturated heterocycles. The van der Waals surface area contributed by atoms with Crippen LogP contribution in [0.3, 0.4) is 0 Å². The van der Waals surface area contributed by atoms with Gasteiger partial charge in [-0.3, -0.25) is 14.5 Å². The lowest BCUT2D eigenvalue weighted by atomic mass is 10.0. The quantitative estimate of drug-likeness (QED) is 0.667. The lowest BCUT2D eigenvalue weighted by molar-refractivity contribution is -0.146. The average molecular weight is 341 g/mol. The molecule has 1 atom stereocenters. The smallest absolute Gasteiger partial charge is 0.251 e. The van der Waals surface area contributed by atoms with Crippen molar-refractivity contribution in [3.63, 3.8) is 0 Å². The van der Waals surface area contributed by atoms with Gasteiger partial charge in [0.25, 0.3) is 5.91 Å². The second-order valence-electron chi connectivity index (χ2n) is 4.77. The van der Waals surface area contributed by atoms with Gasteiger partial charge in [-0.25, -0.2) is 9.97 Å². The molecule has 1 unspecified atom stereocenters. The van der Waals surface area contributed by atoms with Gasteiger partial charge in [0.05, 0.1) is 0 Å². The Hall–Kier alpha value is -1.50. The van der Waals surface area contributed by atoms with E-state index in [1.54, 1.807) is 6.07 Å². The number of hydrogen-bond acceptors (Lipinski definition) is 5. The van der Waals surface area contributed by atoms with Gasteiger partial charge in [0.1, 0.15) is 22.3 Å². The number of likely N-dealkylation sites (N-methyl/N-ethyl adjacent to an activating group) is 1. The summed E-state index contributed by atoms with van der Waals surface area (Å²) in [5.41, 5.74) is 0. The van der Waals surface area contributed by atoms with Crippen LogP contribution in [0.4, 0.5) is 5.82 Å². The van der Waals surface area contributed by atoms with Gasteiger partial charge in [0, 0.05) is 26.0 Å². The van der Waals surface area contributed by atoms with Crippen LogP contribution >= 0.6 is 15.9 Å². The van der Waals surface area contributed by atoms with Gasteiger partial charge in [-0.2, -0.15) is 0 Å². The maximum absolute atomic E-state index is 12.0. The number of nitrogens with one attached hydrogen (secondary N) is 1. The number of piperidine rings is 1. The maximum atomic E-state index is 12.0. The van der Waals surface area contributed by atoms with Crippen LogP contribution < -0.4 is 5.32 Å². The molecular weight excluding hydrogens is 324 g/mol. The minimum Gasteiger partial charge on any atom is -0.358 e. The van der Waals surface area contributed by atoms with E-state index in [2.05, 4.69) is 38.1 Å². The molecule has 0 aliphatic carbocycles. The number of hydrogen-bond donors (Lipinski definition) is 1. The zero-order chi connectivity index (χ0) is 14.7. The molecule has 7 heteroatoms. The third kappa shape index (κ3) is 3.33. The van der Waals surface area contributed by atoms with Crippen molar-refractivity contribution in [2.45, 2.75) is 38.6 Å². The Morgan fingerprint density at radius 1 is 1.45 bits per heavy atom. The lowest BCUT2D eigenvalue weighted by Crippen LogP contribution is -2.48. The van der Waals surface area contributed by atoms with Gasteiger partial charge in [0.2, 0.25) is 5.91 Å². The van der Waals surface area contributed by atoms with Crippen LogP contribution in [0.5, 0.6) is 0 Å². The number of halogens is 1. The molecule has 2 heterocycles. The summed E-state index contributed by atoms with van der Waals surface area (Å²) in [7, 11) is 1.51. The van der Waals surface area contributed by atoms with Crippen molar-refractivity contribution < 1.29 is 9.59 Å². The molecule has 1 aliphatic rings. The number of likely N-dealkylation sites (tertiary alicyclic amines) is 1. The molecular formula is C13H17BrN4O2. The van der Waals surface area contributed by atoms with Gasteiger partial charge in [0.15, 0.2) is 0 Å². The number of rotatable bonds is 4. The zero-order valence-electron chi connectivity index (χ0n) is 11.5. The fourth-order valence-electron chi connectivity index (χ4n) is 2.10. The minimum atomic E-state index is -0.408. The van der Waals surface area contributed by atoms with Gasteiger partial charge >= 0.3 is 0 Å². The largest absolute Gasteiger partial charge is 0.358 e. The number of aromatic nitrogens is 2. The average Bonchev–Trinajstić information content (AvgIpc) is 2.39. The first-order valence-corrected chi connectivity index (χ1v) is 7.41. The van der Waals surface area contributed by atoms with Crippen LogP contribution in [0.25, 0.3) is 0 Å². The van der Waals surface area contributed by atoms with Crippen LogP contribution in [-0.4, -0.2) is 39.8 Å². The number of aryl methyl sites for hydroxylation is 1. The molecule has 20 heavy (non-hydrogen) atoms. The summed E-state index contributed by atoms with van der Waals surface area (Å²) >= 11 is 3.34. The number of anilines is 1. The molecule has 0 bridgehead atoms. The third-order valence-corrected chi connectivity index (χ3v) is 3.59. The summed E-state index contributed by atoms with van der Waals surface area (Å²) in [6.45, 7) is 2.06. The first kappa shape index (κ1) is 14.9. The molecule has 108 valence electrons. The van der Waals surface area contributed by atoms with E-state index in [0.717, 1.165) is 18.7 Å². The molecule has 0 radical (unpaired) electrons. The normalized spacial score (nSPS) is 19.4. The van der Waals surface area contributed by atoms with E-state index in [-0.39, 0.29) is 11.8 Å². The number of carbonyl (C=O) groups excluding carboxylic acids is 2. The molecule has 2 amide bonds. The van der Waals surface area contributed by atoms with E-state index in [1.807, 2.05) is 0 Å². The third-order valence-electron chi connectivity index (χ3n) is 3.19. The summed E-state index contributed by atoms with van der Waals surface area (Å²) in [6, 6.07) is 1.33. The van der Waals surface area contributed by atoms with Crippen molar-refractivity contribution in [3.8, 4) is 0 Å². The van der Waals surface area contributed by atoms with Crippen LogP contribution in [-0.2, 0) is 16.0 Å². The van der Waals surface area contributed by atoms with Crippen LogP contribution in [0.15, 0.2) is 10.7 Å². The van der Waals surface area contributed by atoms with Crippen molar-refractivity contribution in [2.24, 2.45) is 0 Å². The Balaban J connectivity index is 2.13. The van der Waals surface area contributed by atoms with Crippen LogP contribution in [0.2, 0.25) is 0 Å². The summed E-state index contributed by atoms with van der Waals surface area (Å²) in [6.07, 6.45) is 2.60. The number of imide groups is 1. The number of carbonyl (C=O) groups is 2. The predicted molar refractivity (Wildman–Crippen MR) is 78.1 cm³/mol. The van der Waals surface area contributed by atoms with E-state index in [9.17, 15) is 9.59 Å². The molecule has 6 nitrogen and oxygen atoms in total. The number of nitrogens with zero attached hydrogens (tertiary/aromatic N) is 3. The van der Waals surface area contributed by atoms with Crippen molar-refractivity contribution >= 4 is 33.6 Å². The first-order chi connectivity index (χ1) is 9.51. The molecule has 1 aromatic rings. The van der Waals surface area contributed by atoms with Crippen LogP contribution in [0.1, 0.15) is 32.0 Å². The van der Waals surface area contributed by atoms with Gasteiger partial charge < -0.3 is 5.32 Å². The zero-order valence-corrected chi connectivity index (χ0v) is 13.1. The lowest BCUT2D eigenvalue weighted by Gasteiger charge is -2.28. The first-order valence-electron chi connectivity index (χ1n) is 6.61. The van der Waals surface area contributed by atoms with Crippen LogP contribution in [0, 0.1) is 0 Å². The second kappa shape index (κ2) is 6.30. The summed E-state index contributed by atoms with van der Waals surface area (Å²) in [5, 5.41) is 3.10. The molecule has 1 aliphatic heterocycles. The van der Waals surface area contributed by atoms with E-state index < -0.39 is 6.04 Å². The van der Waals surface area contributed by atoms with Crippen molar-refractivity contribution in [3.05, 3.63) is 16.5 Å².